The molecule has 0 saturated carbocycles. The molecule has 0 aliphatic carbocycles. The van der Waals surface area contributed by atoms with Crippen LogP contribution in [0.5, 0.6) is 0 Å². The molecule has 0 bridgehead atoms. The summed E-state index contributed by atoms with van der Waals surface area (Å²) >= 11 is 3.28. The Hall–Kier alpha value is -1.44. The van der Waals surface area contributed by atoms with Gasteiger partial charge in [0.25, 0.3) is 5.91 Å². The summed E-state index contributed by atoms with van der Waals surface area (Å²) in [6.07, 6.45) is 0. The summed E-state index contributed by atoms with van der Waals surface area (Å²) in [5, 5.41) is 14.0. The molecule has 6 nitrogen and oxygen atoms in total. The zero-order valence-electron chi connectivity index (χ0n) is 11.1. The molecule has 1 aromatic rings. The summed E-state index contributed by atoms with van der Waals surface area (Å²) in [6, 6.07) is 6.32. The van der Waals surface area contributed by atoms with Crippen molar-refractivity contribution >= 4 is 27.7 Å². The fourth-order valence-electron chi connectivity index (χ4n) is 1.48. The van der Waals surface area contributed by atoms with Gasteiger partial charge in [-0.1, -0.05) is 15.9 Å². The minimum atomic E-state index is -0.475. The normalized spacial score (nSPS) is 11.8. The van der Waals surface area contributed by atoms with E-state index in [-0.39, 0.29) is 31.6 Å². The standard InChI is InChI=1S/C13H17BrN2O4/c1-20-8-11(7-17)16-12(18)6-15-13(19)9-2-4-10(14)5-3-9/h2-5,11,17H,6-8H2,1H3,(H,15,19)(H,16,18). The second-order valence-corrected chi connectivity index (χ2v) is 5.01. The number of amides is 2. The Kier molecular flexibility index (Phi) is 7.21. The Balaban J connectivity index is 2.40. The second-order valence-electron chi connectivity index (χ2n) is 4.09. The Bertz CT molecular complexity index is 450. The van der Waals surface area contributed by atoms with Crippen LogP contribution in [0.1, 0.15) is 10.4 Å². The molecule has 0 aromatic heterocycles. The van der Waals surface area contributed by atoms with E-state index < -0.39 is 6.04 Å². The third-order valence-electron chi connectivity index (χ3n) is 2.47. The van der Waals surface area contributed by atoms with Crippen LogP contribution >= 0.6 is 15.9 Å². The van der Waals surface area contributed by atoms with E-state index in [1.165, 1.54) is 7.11 Å². The molecule has 0 aliphatic rings. The zero-order chi connectivity index (χ0) is 15.0. The summed E-state index contributed by atoms with van der Waals surface area (Å²) < 4.78 is 5.71. The van der Waals surface area contributed by atoms with Crippen LogP contribution < -0.4 is 10.6 Å². The highest BCUT2D eigenvalue weighted by atomic mass is 79.9. The molecule has 20 heavy (non-hydrogen) atoms. The summed E-state index contributed by atoms with van der Waals surface area (Å²) in [7, 11) is 1.48. The van der Waals surface area contributed by atoms with Crippen molar-refractivity contribution in [3.8, 4) is 0 Å². The van der Waals surface area contributed by atoms with E-state index in [1.807, 2.05) is 0 Å². The molecule has 0 spiro atoms. The molecule has 1 rings (SSSR count). The van der Waals surface area contributed by atoms with Crippen LogP contribution in [-0.2, 0) is 9.53 Å². The predicted octanol–water partition coefficient (Wildman–Crippen LogP) is 0.302. The van der Waals surface area contributed by atoms with Gasteiger partial charge in [0.2, 0.25) is 5.91 Å². The van der Waals surface area contributed by atoms with E-state index in [0.717, 1.165) is 4.47 Å². The fraction of sp³-hybridized carbons (Fsp3) is 0.385. The molecule has 0 fully saturated rings. The zero-order valence-corrected chi connectivity index (χ0v) is 12.6. The molecule has 1 aromatic carbocycles. The molecule has 1 atom stereocenters. The lowest BCUT2D eigenvalue weighted by molar-refractivity contribution is -0.121. The number of rotatable bonds is 7. The Morgan fingerprint density at radius 1 is 1.35 bits per heavy atom. The first-order valence-corrected chi connectivity index (χ1v) is 6.79. The number of carbonyl (C=O) groups is 2. The van der Waals surface area contributed by atoms with E-state index in [0.29, 0.717) is 5.56 Å². The van der Waals surface area contributed by atoms with Crippen molar-refractivity contribution in [3.63, 3.8) is 0 Å². The SMILES string of the molecule is COCC(CO)NC(=O)CNC(=O)c1ccc(Br)cc1. The molecule has 3 N–H and O–H groups in total. The second kappa shape index (κ2) is 8.68. The van der Waals surface area contributed by atoms with Crippen LogP contribution in [0.3, 0.4) is 0 Å². The molecule has 0 aliphatic heterocycles. The molecular weight excluding hydrogens is 328 g/mol. The highest BCUT2D eigenvalue weighted by Gasteiger charge is 2.12. The Morgan fingerprint density at radius 3 is 2.55 bits per heavy atom. The van der Waals surface area contributed by atoms with Gasteiger partial charge in [-0.2, -0.15) is 0 Å². The topological polar surface area (TPSA) is 87.7 Å². The van der Waals surface area contributed by atoms with Crippen LogP contribution in [-0.4, -0.2) is 49.8 Å². The minimum Gasteiger partial charge on any atom is -0.394 e. The predicted molar refractivity (Wildman–Crippen MR) is 77.4 cm³/mol. The molecule has 2 amide bonds. The van der Waals surface area contributed by atoms with Crippen molar-refractivity contribution in [2.24, 2.45) is 0 Å². The highest BCUT2D eigenvalue weighted by molar-refractivity contribution is 9.10. The lowest BCUT2D eigenvalue weighted by Crippen LogP contribution is -2.45. The van der Waals surface area contributed by atoms with Crippen LogP contribution in [0.2, 0.25) is 0 Å². The summed E-state index contributed by atoms with van der Waals surface area (Å²) in [4.78, 5) is 23.3. The van der Waals surface area contributed by atoms with Crippen LogP contribution in [0, 0.1) is 0 Å². The van der Waals surface area contributed by atoms with Crippen molar-refractivity contribution in [2.45, 2.75) is 6.04 Å². The third-order valence-corrected chi connectivity index (χ3v) is 3.00. The average Bonchev–Trinajstić information content (AvgIpc) is 2.45. The average molecular weight is 345 g/mol. The van der Waals surface area contributed by atoms with E-state index in [9.17, 15) is 9.59 Å². The number of nitrogens with one attached hydrogen (secondary N) is 2. The van der Waals surface area contributed by atoms with Crippen molar-refractivity contribution in [1.82, 2.24) is 10.6 Å². The van der Waals surface area contributed by atoms with Gasteiger partial charge in [-0.05, 0) is 24.3 Å². The number of benzene rings is 1. The first kappa shape index (κ1) is 16.6. The number of aliphatic hydroxyl groups is 1. The molecule has 110 valence electrons. The largest absolute Gasteiger partial charge is 0.394 e. The lowest BCUT2D eigenvalue weighted by atomic mass is 10.2. The van der Waals surface area contributed by atoms with Crippen molar-refractivity contribution in [2.75, 3.05) is 26.9 Å². The highest BCUT2D eigenvalue weighted by Crippen LogP contribution is 2.10. The van der Waals surface area contributed by atoms with Gasteiger partial charge in [-0.15, -0.1) is 0 Å². The van der Waals surface area contributed by atoms with Gasteiger partial charge in [0.05, 0.1) is 25.8 Å². The molecular formula is C13H17BrN2O4. The van der Waals surface area contributed by atoms with Crippen molar-refractivity contribution < 1.29 is 19.4 Å². The summed E-state index contributed by atoms with van der Waals surface area (Å²) in [5.74, 6) is -0.716. The van der Waals surface area contributed by atoms with Crippen molar-refractivity contribution in [3.05, 3.63) is 34.3 Å². The molecule has 0 radical (unpaired) electrons. The lowest BCUT2D eigenvalue weighted by Gasteiger charge is -2.15. The maximum absolute atomic E-state index is 11.8. The first-order valence-electron chi connectivity index (χ1n) is 5.99. The van der Waals surface area contributed by atoms with E-state index >= 15 is 0 Å². The first-order chi connectivity index (χ1) is 9.56. The number of aliphatic hydroxyl groups excluding tert-OH is 1. The number of hydrogen-bond donors (Lipinski definition) is 3. The minimum absolute atomic E-state index is 0.158. The Morgan fingerprint density at radius 2 is 2.00 bits per heavy atom. The van der Waals surface area contributed by atoms with Gasteiger partial charge in [-0.3, -0.25) is 9.59 Å². The number of carbonyl (C=O) groups excluding carboxylic acids is 2. The van der Waals surface area contributed by atoms with Crippen LogP contribution in [0.15, 0.2) is 28.7 Å². The van der Waals surface area contributed by atoms with Crippen LogP contribution in [0.25, 0.3) is 0 Å². The van der Waals surface area contributed by atoms with Crippen molar-refractivity contribution in [1.29, 1.82) is 0 Å². The van der Waals surface area contributed by atoms with E-state index in [2.05, 4.69) is 26.6 Å². The maximum Gasteiger partial charge on any atom is 0.251 e. The maximum atomic E-state index is 11.8. The van der Waals surface area contributed by atoms with Gasteiger partial charge < -0.3 is 20.5 Å². The fourth-order valence-corrected chi connectivity index (χ4v) is 1.75. The van der Waals surface area contributed by atoms with Gasteiger partial charge in [0, 0.05) is 17.1 Å². The van der Waals surface area contributed by atoms with E-state index in [1.54, 1.807) is 24.3 Å². The molecule has 0 saturated heterocycles. The van der Waals surface area contributed by atoms with Gasteiger partial charge >= 0.3 is 0 Å². The Labute approximate surface area is 125 Å². The van der Waals surface area contributed by atoms with Gasteiger partial charge in [0.1, 0.15) is 0 Å². The molecule has 0 heterocycles. The monoisotopic (exact) mass is 344 g/mol. The van der Waals surface area contributed by atoms with Crippen LogP contribution in [0.4, 0.5) is 0 Å². The summed E-state index contributed by atoms with van der Waals surface area (Å²) in [6.45, 7) is -0.168. The number of halogens is 1. The third kappa shape index (κ3) is 5.68. The number of methoxy groups -OCH3 is 1. The van der Waals surface area contributed by atoms with E-state index in [4.69, 9.17) is 9.84 Å². The van der Waals surface area contributed by atoms with Gasteiger partial charge in [-0.25, -0.2) is 0 Å². The molecule has 1 unspecified atom stereocenters. The number of ether oxygens (including phenoxy) is 1. The molecule has 7 heteroatoms. The quantitative estimate of drug-likeness (QED) is 0.664. The smallest absolute Gasteiger partial charge is 0.251 e. The summed E-state index contributed by atoms with van der Waals surface area (Å²) in [5.41, 5.74) is 0.469. The number of hydrogen-bond acceptors (Lipinski definition) is 4. The van der Waals surface area contributed by atoms with Gasteiger partial charge in [0.15, 0.2) is 0 Å².